The van der Waals surface area contributed by atoms with Crippen LogP contribution in [0.25, 0.3) is 10.8 Å². The molecule has 0 saturated carbocycles. The van der Waals surface area contributed by atoms with Gasteiger partial charge in [-0.15, -0.1) is 0 Å². The summed E-state index contributed by atoms with van der Waals surface area (Å²) in [6, 6.07) is 13.8. The number of fused-ring (bicyclic) bond motifs is 1. The summed E-state index contributed by atoms with van der Waals surface area (Å²) in [5, 5.41) is 2.10. The van der Waals surface area contributed by atoms with Crippen LogP contribution in [0.2, 0.25) is 0 Å². The molecule has 1 heterocycles. The monoisotopic (exact) mass is 381 g/mol. The highest BCUT2D eigenvalue weighted by molar-refractivity contribution is 5.98. The van der Waals surface area contributed by atoms with Crippen LogP contribution in [0.15, 0.2) is 42.5 Å². The Morgan fingerprint density at radius 1 is 1.00 bits per heavy atom. The summed E-state index contributed by atoms with van der Waals surface area (Å²) in [6.45, 7) is 6.65. The molecular formula is C23H27NO4. The van der Waals surface area contributed by atoms with E-state index in [1.165, 1.54) is 0 Å². The quantitative estimate of drug-likeness (QED) is 0.529. The molecule has 28 heavy (non-hydrogen) atoms. The summed E-state index contributed by atoms with van der Waals surface area (Å²) in [6.07, 6.45) is 0. The minimum absolute atomic E-state index is 0.00156. The first-order valence-electron chi connectivity index (χ1n) is 9.35. The zero-order valence-corrected chi connectivity index (χ0v) is 17.1. The van der Waals surface area contributed by atoms with Crippen molar-refractivity contribution in [1.29, 1.82) is 0 Å². The molecule has 0 aliphatic heterocycles. The molecule has 0 spiro atoms. The Balaban J connectivity index is 1.75. The molecule has 3 aromatic rings. The van der Waals surface area contributed by atoms with Crippen molar-refractivity contribution in [1.82, 2.24) is 4.57 Å². The number of benzene rings is 2. The number of ketones is 1. The van der Waals surface area contributed by atoms with E-state index in [4.69, 9.17) is 14.2 Å². The average Bonchev–Trinajstić information content (AvgIpc) is 2.99. The van der Waals surface area contributed by atoms with Crippen molar-refractivity contribution >= 4 is 16.6 Å². The van der Waals surface area contributed by atoms with Crippen molar-refractivity contribution in [3.8, 4) is 11.5 Å². The van der Waals surface area contributed by atoms with Gasteiger partial charge in [-0.2, -0.15) is 0 Å². The van der Waals surface area contributed by atoms with E-state index in [0.717, 1.165) is 27.9 Å². The Morgan fingerprint density at radius 2 is 1.68 bits per heavy atom. The zero-order chi connectivity index (χ0) is 20.3. The van der Waals surface area contributed by atoms with E-state index >= 15 is 0 Å². The van der Waals surface area contributed by atoms with Gasteiger partial charge in [0.2, 0.25) is 5.78 Å². The number of hydrogen-bond donors (Lipinski definition) is 0. The number of aryl methyl sites for hydroxylation is 1. The molecule has 0 radical (unpaired) electrons. The summed E-state index contributed by atoms with van der Waals surface area (Å²) in [5.41, 5.74) is 2.69. The largest absolute Gasteiger partial charge is 0.497 e. The second-order valence-electron chi connectivity index (χ2n) is 7.05. The normalized spacial score (nSPS) is 12.2. The Bertz CT molecular complexity index is 990. The third-order valence-corrected chi connectivity index (χ3v) is 5.02. The van der Waals surface area contributed by atoms with E-state index < -0.39 is 0 Å². The number of hydrogen-bond acceptors (Lipinski definition) is 4. The van der Waals surface area contributed by atoms with Crippen LogP contribution in [0.1, 0.15) is 34.7 Å². The number of methoxy groups -OCH3 is 2. The van der Waals surface area contributed by atoms with Crippen LogP contribution >= 0.6 is 0 Å². The third-order valence-electron chi connectivity index (χ3n) is 5.02. The fraction of sp³-hybridized carbons (Fsp3) is 0.348. The molecule has 0 bridgehead atoms. The van der Waals surface area contributed by atoms with Crippen molar-refractivity contribution in [3.63, 3.8) is 0 Å². The third kappa shape index (κ3) is 4.04. The Kier molecular flexibility index (Phi) is 6.05. The molecule has 0 aliphatic rings. The van der Waals surface area contributed by atoms with Gasteiger partial charge >= 0.3 is 0 Å². The summed E-state index contributed by atoms with van der Waals surface area (Å²) in [4.78, 5) is 12.8. The lowest BCUT2D eigenvalue weighted by atomic mass is 10.1. The van der Waals surface area contributed by atoms with Gasteiger partial charge in [-0.1, -0.05) is 12.1 Å². The van der Waals surface area contributed by atoms with Crippen LogP contribution in [0.3, 0.4) is 0 Å². The minimum Gasteiger partial charge on any atom is -0.497 e. The van der Waals surface area contributed by atoms with Gasteiger partial charge in [-0.3, -0.25) is 4.79 Å². The van der Waals surface area contributed by atoms with E-state index in [2.05, 4.69) is 11.5 Å². The SMILES string of the molecule is COC[C@H](C)n1c(C)cc(C(=O)COc2ccc3ccc(OC)cc3c2)c1C. The Labute approximate surface area is 165 Å². The second-order valence-corrected chi connectivity index (χ2v) is 7.05. The molecule has 148 valence electrons. The van der Waals surface area contributed by atoms with E-state index in [9.17, 15) is 4.79 Å². The predicted octanol–water partition coefficient (Wildman–Crippen LogP) is 4.74. The lowest BCUT2D eigenvalue weighted by molar-refractivity contribution is 0.0920. The number of aromatic nitrogens is 1. The molecule has 2 aromatic carbocycles. The molecule has 0 saturated heterocycles. The Hall–Kier alpha value is -2.79. The molecule has 3 rings (SSSR count). The maximum Gasteiger partial charge on any atom is 0.202 e. The van der Waals surface area contributed by atoms with E-state index in [1.54, 1.807) is 14.2 Å². The summed E-state index contributed by atoms with van der Waals surface area (Å²) >= 11 is 0. The van der Waals surface area contributed by atoms with Crippen molar-refractivity contribution in [2.24, 2.45) is 0 Å². The van der Waals surface area contributed by atoms with Gasteiger partial charge in [0.05, 0.1) is 19.8 Å². The number of carbonyl (C=O) groups excluding carboxylic acids is 1. The molecule has 1 aromatic heterocycles. The van der Waals surface area contributed by atoms with Gasteiger partial charge in [0.15, 0.2) is 6.61 Å². The molecule has 0 N–H and O–H groups in total. The smallest absolute Gasteiger partial charge is 0.202 e. The van der Waals surface area contributed by atoms with Gasteiger partial charge in [-0.05, 0) is 61.9 Å². The van der Waals surface area contributed by atoms with Crippen LogP contribution in [0.5, 0.6) is 11.5 Å². The highest BCUT2D eigenvalue weighted by Gasteiger charge is 2.19. The molecule has 0 unspecified atom stereocenters. The van der Waals surface area contributed by atoms with Crippen molar-refractivity contribution in [3.05, 3.63) is 59.4 Å². The van der Waals surface area contributed by atoms with E-state index in [1.807, 2.05) is 56.3 Å². The lowest BCUT2D eigenvalue weighted by Crippen LogP contribution is -2.16. The maximum atomic E-state index is 12.8. The van der Waals surface area contributed by atoms with Crippen LogP contribution < -0.4 is 9.47 Å². The van der Waals surface area contributed by atoms with Crippen LogP contribution in [0, 0.1) is 13.8 Å². The fourth-order valence-corrected chi connectivity index (χ4v) is 3.70. The second kappa shape index (κ2) is 8.48. The first-order valence-corrected chi connectivity index (χ1v) is 9.35. The van der Waals surface area contributed by atoms with Crippen molar-refractivity contribution < 1.29 is 19.0 Å². The van der Waals surface area contributed by atoms with E-state index in [-0.39, 0.29) is 18.4 Å². The minimum atomic E-state index is -0.0327. The highest BCUT2D eigenvalue weighted by atomic mass is 16.5. The number of carbonyl (C=O) groups is 1. The lowest BCUT2D eigenvalue weighted by Gasteiger charge is -2.17. The summed E-state index contributed by atoms with van der Waals surface area (Å²) in [5.74, 6) is 1.42. The van der Waals surface area contributed by atoms with Gasteiger partial charge in [0.1, 0.15) is 11.5 Å². The van der Waals surface area contributed by atoms with Gasteiger partial charge < -0.3 is 18.8 Å². The molecule has 5 nitrogen and oxygen atoms in total. The average molecular weight is 381 g/mol. The van der Waals surface area contributed by atoms with E-state index in [0.29, 0.717) is 17.9 Å². The Morgan fingerprint density at radius 3 is 2.36 bits per heavy atom. The van der Waals surface area contributed by atoms with Gasteiger partial charge in [0, 0.05) is 24.1 Å². The number of rotatable bonds is 8. The van der Waals surface area contributed by atoms with Crippen LogP contribution in [-0.4, -0.2) is 37.8 Å². The fourth-order valence-electron chi connectivity index (χ4n) is 3.70. The predicted molar refractivity (Wildman–Crippen MR) is 111 cm³/mol. The molecule has 0 aliphatic carbocycles. The topological polar surface area (TPSA) is 49.7 Å². The number of nitrogens with zero attached hydrogens (tertiary/aromatic N) is 1. The van der Waals surface area contributed by atoms with Gasteiger partial charge in [0.25, 0.3) is 0 Å². The first-order chi connectivity index (χ1) is 13.4. The molecule has 1 atom stereocenters. The standard InChI is InChI=1S/C23H27NO4/c1-15-10-22(17(3)24(15)16(2)13-26-4)23(25)14-28-21-9-7-18-6-8-20(27-5)11-19(18)12-21/h6-12,16H,13-14H2,1-5H3/t16-/m0/s1. The maximum absolute atomic E-state index is 12.8. The zero-order valence-electron chi connectivity index (χ0n) is 17.1. The van der Waals surface area contributed by atoms with Crippen molar-refractivity contribution in [2.75, 3.05) is 27.4 Å². The summed E-state index contributed by atoms with van der Waals surface area (Å²) < 4.78 is 18.5. The molecular weight excluding hydrogens is 354 g/mol. The number of ether oxygens (including phenoxy) is 3. The highest BCUT2D eigenvalue weighted by Crippen LogP contribution is 2.26. The molecule has 0 fully saturated rings. The molecule has 0 amide bonds. The van der Waals surface area contributed by atoms with Crippen LogP contribution in [-0.2, 0) is 4.74 Å². The molecule has 5 heteroatoms. The number of Topliss-reactive ketones (excluding diaryl/α,β-unsaturated/α-hetero) is 1. The summed E-state index contributed by atoms with van der Waals surface area (Å²) in [7, 11) is 3.33. The first kappa shape index (κ1) is 20.0. The van der Waals surface area contributed by atoms with Crippen molar-refractivity contribution in [2.45, 2.75) is 26.8 Å². The van der Waals surface area contributed by atoms with Crippen LogP contribution in [0.4, 0.5) is 0 Å². The van der Waals surface area contributed by atoms with Gasteiger partial charge in [-0.25, -0.2) is 0 Å².